The van der Waals surface area contributed by atoms with E-state index in [0.29, 0.717) is 5.56 Å². The van der Waals surface area contributed by atoms with Gasteiger partial charge in [0.05, 0.1) is 0 Å². The van der Waals surface area contributed by atoms with Crippen LogP contribution < -0.4 is 9.79 Å². The number of hydrogen-bond donors (Lipinski definition) is 0. The fourth-order valence-electron chi connectivity index (χ4n) is 2.49. The van der Waals surface area contributed by atoms with Gasteiger partial charge in [-0.2, -0.15) is 8.78 Å². The number of Topliss-reactive ketones (excluding diaryl/α,β-unsaturated/α-hetero) is 1. The summed E-state index contributed by atoms with van der Waals surface area (Å²) in [6.45, 7) is 1.44. The van der Waals surface area contributed by atoms with Crippen LogP contribution in [0.4, 0.5) is 8.78 Å². The molecule has 0 N–H and O–H groups in total. The molecule has 0 amide bonds. The van der Waals surface area contributed by atoms with E-state index in [9.17, 15) is 27.9 Å². The molecule has 0 fully saturated rings. The highest BCUT2D eigenvalue weighted by Crippen LogP contribution is 2.54. The molecule has 2 aromatic carbocycles. The van der Waals surface area contributed by atoms with E-state index >= 15 is 0 Å². The second kappa shape index (κ2) is 7.46. The summed E-state index contributed by atoms with van der Waals surface area (Å²) in [5.74, 6) is -0.537. The number of benzene rings is 2. The van der Waals surface area contributed by atoms with Gasteiger partial charge in [-0.05, 0) is 30.5 Å². The second-order valence-electron chi connectivity index (χ2n) is 5.63. The Morgan fingerprint density at radius 2 is 1.80 bits per heavy atom. The van der Waals surface area contributed by atoms with Crippen LogP contribution in [0.25, 0.3) is 0 Å². The summed E-state index contributed by atoms with van der Waals surface area (Å²) >= 11 is 2.89. The highest BCUT2D eigenvalue weighted by atomic mass is 79.9. The number of carbonyl (C=O) groups is 1. The van der Waals surface area contributed by atoms with Crippen molar-refractivity contribution < 1.29 is 27.9 Å². The molecule has 1 unspecified atom stereocenters. The molecule has 1 atom stereocenters. The molecular formula is C17H14BrF2O4P-2. The van der Waals surface area contributed by atoms with Crippen LogP contribution >= 0.6 is 23.5 Å². The van der Waals surface area contributed by atoms with Gasteiger partial charge in [-0.1, -0.05) is 58.4 Å². The van der Waals surface area contributed by atoms with Gasteiger partial charge in [0.2, 0.25) is 0 Å². The Bertz CT molecular complexity index is 821. The summed E-state index contributed by atoms with van der Waals surface area (Å²) in [6.07, 6.45) is 0.260. The molecule has 0 saturated heterocycles. The molecule has 0 aliphatic carbocycles. The van der Waals surface area contributed by atoms with Gasteiger partial charge in [-0.3, -0.25) is 4.79 Å². The standard InChI is InChI=1S/C17H16BrF2O4P/c1-11(21)14(13-5-3-2-4-6-13)9-12-7-8-15(16(18)10-12)17(19,20)25(22,23)24/h2-8,10,14H,9H2,1H3,(H2,22,23,24)/p-2. The van der Waals surface area contributed by atoms with Crippen LogP contribution in [0.5, 0.6) is 0 Å². The maximum Gasteiger partial charge on any atom is 0.297 e. The van der Waals surface area contributed by atoms with Crippen molar-refractivity contribution in [3.63, 3.8) is 0 Å². The average molecular weight is 431 g/mol. The van der Waals surface area contributed by atoms with Crippen LogP contribution in [0.15, 0.2) is 53.0 Å². The van der Waals surface area contributed by atoms with Gasteiger partial charge in [-0.15, -0.1) is 0 Å². The van der Waals surface area contributed by atoms with Gasteiger partial charge >= 0.3 is 0 Å². The van der Waals surface area contributed by atoms with Crippen LogP contribution in [-0.2, 0) is 21.4 Å². The Labute approximate surface area is 152 Å². The van der Waals surface area contributed by atoms with Crippen molar-refractivity contribution in [3.05, 3.63) is 69.7 Å². The lowest BCUT2D eigenvalue weighted by Gasteiger charge is -2.38. The van der Waals surface area contributed by atoms with E-state index in [4.69, 9.17) is 0 Å². The summed E-state index contributed by atoms with van der Waals surface area (Å²) in [6, 6.07) is 12.5. The van der Waals surface area contributed by atoms with Crippen molar-refractivity contribution in [1.82, 2.24) is 0 Å². The predicted molar refractivity (Wildman–Crippen MR) is 89.2 cm³/mol. The van der Waals surface area contributed by atoms with E-state index in [1.165, 1.54) is 19.1 Å². The molecule has 25 heavy (non-hydrogen) atoms. The summed E-state index contributed by atoms with van der Waals surface area (Å²) < 4.78 is 38.1. The molecule has 0 saturated carbocycles. The van der Waals surface area contributed by atoms with Gasteiger partial charge in [0.1, 0.15) is 5.78 Å². The quantitative estimate of drug-likeness (QED) is 0.658. The first kappa shape index (κ1) is 19.9. The third-order valence-electron chi connectivity index (χ3n) is 3.83. The van der Waals surface area contributed by atoms with Crippen molar-refractivity contribution in [3.8, 4) is 0 Å². The second-order valence-corrected chi connectivity index (χ2v) is 8.04. The fourth-order valence-corrected chi connectivity index (χ4v) is 3.81. The van der Waals surface area contributed by atoms with Crippen molar-refractivity contribution in [2.24, 2.45) is 0 Å². The molecule has 0 spiro atoms. The third kappa shape index (κ3) is 4.42. The minimum Gasteiger partial charge on any atom is -0.806 e. The van der Waals surface area contributed by atoms with Crippen molar-refractivity contribution in [2.75, 3.05) is 0 Å². The van der Waals surface area contributed by atoms with Crippen molar-refractivity contribution >= 4 is 29.3 Å². The van der Waals surface area contributed by atoms with Crippen LogP contribution in [0.1, 0.15) is 29.5 Å². The summed E-state index contributed by atoms with van der Waals surface area (Å²) in [5.41, 5.74) is -4.07. The van der Waals surface area contributed by atoms with Crippen molar-refractivity contribution in [1.29, 1.82) is 0 Å². The Kier molecular flexibility index (Phi) is 5.94. The molecule has 0 aromatic heterocycles. The van der Waals surface area contributed by atoms with Gasteiger partial charge in [0.15, 0.2) is 0 Å². The number of halogens is 3. The van der Waals surface area contributed by atoms with Crippen LogP contribution in [0, 0.1) is 0 Å². The third-order valence-corrected chi connectivity index (χ3v) is 5.42. The zero-order valence-electron chi connectivity index (χ0n) is 13.1. The zero-order valence-corrected chi connectivity index (χ0v) is 15.6. The van der Waals surface area contributed by atoms with Gasteiger partial charge in [0.25, 0.3) is 5.66 Å². The Morgan fingerprint density at radius 1 is 1.20 bits per heavy atom. The maximum absolute atomic E-state index is 13.7. The van der Waals surface area contributed by atoms with E-state index < -0.39 is 24.7 Å². The molecule has 134 valence electrons. The minimum atomic E-state index is -6.14. The lowest BCUT2D eigenvalue weighted by atomic mass is 9.89. The molecule has 8 heteroatoms. The predicted octanol–water partition coefficient (Wildman–Crippen LogP) is 3.33. The first-order valence-corrected chi connectivity index (χ1v) is 9.62. The van der Waals surface area contributed by atoms with E-state index in [-0.39, 0.29) is 16.7 Å². The first-order chi connectivity index (χ1) is 11.5. The maximum atomic E-state index is 13.7. The summed E-state index contributed by atoms with van der Waals surface area (Å²) in [4.78, 5) is 33.5. The topological polar surface area (TPSA) is 80.3 Å². The number of alkyl halides is 2. The van der Waals surface area contributed by atoms with E-state index in [1.54, 1.807) is 24.3 Å². The van der Waals surface area contributed by atoms with Gasteiger partial charge < -0.3 is 14.4 Å². The number of ketones is 1. The molecule has 0 aliphatic heterocycles. The SMILES string of the molecule is CC(=O)C(Cc1ccc(C(F)(F)P(=O)([O-])[O-])c(Br)c1)c1ccccc1. The normalized spacial score (nSPS) is 13.5. The van der Waals surface area contributed by atoms with Crippen LogP contribution in [-0.4, -0.2) is 5.78 Å². The smallest absolute Gasteiger partial charge is 0.297 e. The number of rotatable bonds is 6. The molecular weight excluding hydrogens is 417 g/mol. The van der Waals surface area contributed by atoms with Crippen molar-refractivity contribution in [2.45, 2.75) is 24.9 Å². The molecule has 0 aliphatic rings. The summed E-state index contributed by atoms with van der Waals surface area (Å²) in [7, 11) is -6.14. The lowest BCUT2D eigenvalue weighted by Crippen LogP contribution is -2.30. The van der Waals surface area contributed by atoms with Crippen LogP contribution in [0.3, 0.4) is 0 Å². The van der Waals surface area contributed by atoms with E-state index in [1.807, 2.05) is 6.07 Å². The largest absolute Gasteiger partial charge is 0.806 e. The Morgan fingerprint density at radius 3 is 2.28 bits per heavy atom. The Balaban J connectivity index is 2.34. The average Bonchev–Trinajstić information content (AvgIpc) is 2.52. The molecule has 0 bridgehead atoms. The number of carbonyl (C=O) groups excluding carboxylic acids is 1. The minimum absolute atomic E-state index is 0.0830. The Hall–Kier alpha value is -1.40. The first-order valence-electron chi connectivity index (χ1n) is 7.28. The molecule has 0 heterocycles. The molecule has 0 radical (unpaired) electrons. The zero-order chi connectivity index (χ0) is 18.8. The lowest BCUT2D eigenvalue weighted by molar-refractivity contribution is -0.335. The monoisotopic (exact) mass is 430 g/mol. The summed E-state index contributed by atoms with van der Waals surface area (Å²) in [5, 5.41) is 0. The molecule has 4 nitrogen and oxygen atoms in total. The van der Waals surface area contributed by atoms with E-state index in [0.717, 1.165) is 11.6 Å². The van der Waals surface area contributed by atoms with Gasteiger partial charge in [-0.25, -0.2) is 0 Å². The molecule has 2 rings (SSSR count). The van der Waals surface area contributed by atoms with Crippen LogP contribution in [0.2, 0.25) is 0 Å². The molecule has 2 aromatic rings. The van der Waals surface area contributed by atoms with Gasteiger partial charge in [0, 0.05) is 23.5 Å². The highest BCUT2D eigenvalue weighted by molar-refractivity contribution is 9.10. The number of hydrogen-bond acceptors (Lipinski definition) is 4. The highest BCUT2D eigenvalue weighted by Gasteiger charge is 2.37. The van der Waals surface area contributed by atoms with E-state index in [2.05, 4.69) is 15.9 Å². The fraction of sp³-hybridized carbons (Fsp3) is 0.235.